The molecule has 0 bridgehead atoms. The molecule has 0 unspecified atom stereocenters. The van der Waals surface area contributed by atoms with Gasteiger partial charge in [-0.25, -0.2) is 9.18 Å². The van der Waals surface area contributed by atoms with Gasteiger partial charge in [0.1, 0.15) is 11.4 Å². The van der Waals surface area contributed by atoms with E-state index in [1.807, 2.05) is 52.0 Å². The fourth-order valence-electron chi connectivity index (χ4n) is 4.76. The van der Waals surface area contributed by atoms with Gasteiger partial charge >= 0.3 is 6.09 Å². The molecular formula is C33H34FN3O3. The Morgan fingerprint density at radius 2 is 1.55 bits per heavy atom. The van der Waals surface area contributed by atoms with Crippen molar-refractivity contribution in [3.63, 3.8) is 0 Å². The fourth-order valence-corrected chi connectivity index (χ4v) is 4.76. The standard InChI is InChI=1S/C33H34FN3O3/c1-22(36-31(38)28-7-5-6-23(20-28)21-35)24-8-10-25(11-9-24)30(26-12-14-29(34)15-13-26)27-16-18-37(19-17-27)32(39)40-33(2,3)4/h5-15,20,22H,16-19H2,1-4H3,(H,36,38)/t22-/m1/s1. The number of benzene rings is 3. The van der Waals surface area contributed by atoms with Gasteiger partial charge in [0.25, 0.3) is 5.91 Å². The molecule has 1 aliphatic heterocycles. The molecule has 6 nitrogen and oxygen atoms in total. The number of ether oxygens (including phenoxy) is 1. The Bertz CT molecular complexity index is 1440. The lowest BCUT2D eigenvalue weighted by Gasteiger charge is -2.32. The van der Waals surface area contributed by atoms with Gasteiger partial charge in [-0.1, -0.05) is 48.0 Å². The molecule has 0 saturated carbocycles. The summed E-state index contributed by atoms with van der Waals surface area (Å²) in [5.74, 6) is -0.549. The summed E-state index contributed by atoms with van der Waals surface area (Å²) in [5, 5.41) is 12.1. The first-order valence-corrected chi connectivity index (χ1v) is 13.4. The van der Waals surface area contributed by atoms with Gasteiger partial charge in [0, 0.05) is 18.7 Å². The van der Waals surface area contributed by atoms with Crippen molar-refractivity contribution in [2.24, 2.45) is 0 Å². The van der Waals surface area contributed by atoms with Crippen LogP contribution in [0.15, 0.2) is 78.4 Å². The number of likely N-dealkylation sites (tertiary alicyclic amines) is 1. The second-order valence-electron chi connectivity index (χ2n) is 11.0. The summed E-state index contributed by atoms with van der Waals surface area (Å²) >= 11 is 0. The monoisotopic (exact) mass is 539 g/mol. The lowest BCUT2D eigenvalue weighted by molar-refractivity contribution is 0.0236. The van der Waals surface area contributed by atoms with Crippen LogP contribution in [0.2, 0.25) is 0 Å². The van der Waals surface area contributed by atoms with Gasteiger partial charge < -0.3 is 15.0 Å². The highest BCUT2D eigenvalue weighted by atomic mass is 19.1. The molecule has 7 heteroatoms. The third-order valence-corrected chi connectivity index (χ3v) is 6.81. The second kappa shape index (κ2) is 12.2. The summed E-state index contributed by atoms with van der Waals surface area (Å²) in [4.78, 5) is 27.0. The third kappa shape index (κ3) is 7.15. The van der Waals surface area contributed by atoms with Gasteiger partial charge in [-0.3, -0.25) is 4.79 Å². The van der Waals surface area contributed by atoms with E-state index in [1.165, 1.54) is 17.7 Å². The molecular weight excluding hydrogens is 505 g/mol. The van der Waals surface area contributed by atoms with Crippen LogP contribution in [0, 0.1) is 17.1 Å². The quantitative estimate of drug-likeness (QED) is 0.378. The highest BCUT2D eigenvalue weighted by molar-refractivity contribution is 5.94. The van der Waals surface area contributed by atoms with Crippen LogP contribution < -0.4 is 5.32 Å². The number of carbonyl (C=O) groups excluding carboxylic acids is 2. The zero-order valence-corrected chi connectivity index (χ0v) is 23.3. The van der Waals surface area contributed by atoms with Crippen molar-refractivity contribution in [1.82, 2.24) is 10.2 Å². The first-order chi connectivity index (χ1) is 19.0. The Morgan fingerprint density at radius 1 is 0.950 bits per heavy atom. The van der Waals surface area contributed by atoms with Gasteiger partial charge in [0.05, 0.1) is 17.7 Å². The number of amides is 2. The summed E-state index contributed by atoms with van der Waals surface area (Å²) in [6.45, 7) is 8.57. The molecule has 1 atom stereocenters. The Morgan fingerprint density at radius 3 is 2.12 bits per heavy atom. The van der Waals surface area contributed by atoms with Crippen LogP contribution in [-0.2, 0) is 4.74 Å². The molecule has 1 saturated heterocycles. The molecule has 1 fully saturated rings. The average Bonchev–Trinajstić information content (AvgIpc) is 2.94. The Balaban J connectivity index is 1.55. The number of nitriles is 1. The number of hydrogen-bond acceptors (Lipinski definition) is 4. The second-order valence-corrected chi connectivity index (χ2v) is 11.0. The molecule has 1 aliphatic rings. The average molecular weight is 540 g/mol. The van der Waals surface area contributed by atoms with Crippen molar-refractivity contribution in [3.05, 3.63) is 112 Å². The van der Waals surface area contributed by atoms with Crippen molar-refractivity contribution in [2.75, 3.05) is 13.1 Å². The predicted molar refractivity (Wildman–Crippen MR) is 153 cm³/mol. The molecule has 3 aromatic carbocycles. The summed E-state index contributed by atoms with van der Waals surface area (Å²) < 4.78 is 19.3. The van der Waals surface area contributed by atoms with Crippen molar-refractivity contribution >= 4 is 17.6 Å². The van der Waals surface area contributed by atoms with Gasteiger partial charge in [0.15, 0.2) is 0 Å². The van der Waals surface area contributed by atoms with Crippen LogP contribution in [0.1, 0.15) is 79.2 Å². The van der Waals surface area contributed by atoms with Crippen LogP contribution in [0.5, 0.6) is 0 Å². The number of nitrogens with one attached hydrogen (secondary N) is 1. The first-order valence-electron chi connectivity index (χ1n) is 13.4. The van der Waals surface area contributed by atoms with Crippen molar-refractivity contribution in [2.45, 2.75) is 52.2 Å². The maximum absolute atomic E-state index is 13.8. The maximum Gasteiger partial charge on any atom is 0.410 e. The molecule has 1 N–H and O–H groups in total. The van der Waals surface area contributed by atoms with Gasteiger partial charge in [0.2, 0.25) is 0 Å². The molecule has 4 rings (SSSR count). The number of halogens is 1. The lowest BCUT2D eigenvalue weighted by Crippen LogP contribution is -2.40. The van der Waals surface area contributed by atoms with Crippen LogP contribution in [0.3, 0.4) is 0 Å². The van der Waals surface area contributed by atoms with E-state index in [0.29, 0.717) is 37.1 Å². The molecule has 0 aliphatic carbocycles. The van der Waals surface area contributed by atoms with Gasteiger partial charge in [-0.15, -0.1) is 0 Å². The highest BCUT2D eigenvalue weighted by Gasteiger charge is 2.26. The van der Waals surface area contributed by atoms with Crippen molar-refractivity contribution in [1.29, 1.82) is 5.26 Å². The highest BCUT2D eigenvalue weighted by Crippen LogP contribution is 2.33. The zero-order chi connectivity index (χ0) is 28.9. The predicted octanol–water partition coefficient (Wildman–Crippen LogP) is 7.02. The molecule has 206 valence electrons. The smallest absolute Gasteiger partial charge is 0.410 e. The molecule has 1 heterocycles. The molecule has 3 aromatic rings. The summed E-state index contributed by atoms with van der Waals surface area (Å²) in [5.41, 5.74) is 5.36. The number of nitrogens with zero attached hydrogens (tertiary/aromatic N) is 2. The largest absolute Gasteiger partial charge is 0.444 e. The van der Waals surface area contributed by atoms with Crippen LogP contribution in [0.4, 0.5) is 9.18 Å². The van der Waals surface area contributed by atoms with Crippen LogP contribution in [0.25, 0.3) is 5.57 Å². The van der Waals surface area contributed by atoms with Crippen LogP contribution >= 0.6 is 0 Å². The van der Waals surface area contributed by atoms with Gasteiger partial charge in [-0.05, 0) is 93.1 Å². The van der Waals surface area contributed by atoms with Crippen molar-refractivity contribution in [3.8, 4) is 6.07 Å². The molecule has 0 radical (unpaired) electrons. The van der Waals surface area contributed by atoms with Gasteiger partial charge in [-0.2, -0.15) is 5.26 Å². The number of hydrogen-bond donors (Lipinski definition) is 1. The fraction of sp³-hybridized carbons (Fsp3) is 0.303. The number of piperidine rings is 1. The minimum absolute atomic E-state index is 0.250. The molecule has 0 spiro atoms. The Kier molecular flexibility index (Phi) is 8.69. The van der Waals surface area contributed by atoms with E-state index >= 15 is 0 Å². The number of carbonyl (C=O) groups is 2. The summed E-state index contributed by atoms with van der Waals surface area (Å²) in [6.07, 6.45) is 1.05. The lowest BCUT2D eigenvalue weighted by atomic mass is 9.88. The summed E-state index contributed by atoms with van der Waals surface area (Å²) in [7, 11) is 0. The third-order valence-electron chi connectivity index (χ3n) is 6.81. The minimum atomic E-state index is -0.550. The number of rotatable bonds is 5. The van der Waals surface area contributed by atoms with Crippen LogP contribution in [-0.4, -0.2) is 35.6 Å². The van der Waals surface area contributed by atoms with E-state index in [4.69, 9.17) is 10.00 Å². The minimum Gasteiger partial charge on any atom is -0.444 e. The first kappa shape index (κ1) is 28.6. The van der Waals surface area contributed by atoms with E-state index < -0.39 is 5.60 Å². The molecule has 40 heavy (non-hydrogen) atoms. The van der Waals surface area contributed by atoms with E-state index in [1.54, 1.807) is 41.3 Å². The molecule has 0 aromatic heterocycles. The topological polar surface area (TPSA) is 82.4 Å². The Labute approximate surface area is 235 Å². The summed E-state index contributed by atoms with van der Waals surface area (Å²) in [6, 6.07) is 22.9. The Hall–Kier alpha value is -4.44. The van der Waals surface area contributed by atoms with Crippen molar-refractivity contribution < 1.29 is 18.7 Å². The maximum atomic E-state index is 13.8. The zero-order valence-electron chi connectivity index (χ0n) is 23.3. The molecule has 2 amide bonds. The van der Waals surface area contributed by atoms with E-state index in [2.05, 4.69) is 11.4 Å². The van der Waals surface area contributed by atoms with E-state index in [0.717, 1.165) is 22.3 Å². The van der Waals surface area contributed by atoms with E-state index in [9.17, 15) is 14.0 Å². The SMILES string of the molecule is C[C@@H](NC(=O)c1cccc(C#N)c1)c1ccc(C(=C2CCN(C(=O)OC(C)(C)C)CC2)c2ccc(F)cc2)cc1. The normalized spacial score (nSPS) is 14.2. The van der Waals surface area contributed by atoms with E-state index in [-0.39, 0.29) is 23.9 Å².